The van der Waals surface area contributed by atoms with E-state index in [1.807, 2.05) is 12.1 Å². The number of likely N-dealkylation sites (tertiary alicyclic amines) is 1. The van der Waals surface area contributed by atoms with E-state index in [1.165, 1.54) is 6.07 Å². The number of carbonyl (C=O) groups excluding carboxylic acids is 2. The van der Waals surface area contributed by atoms with Crippen molar-refractivity contribution in [3.05, 3.63) is 62.6 Å². The molecule has 1 saturated carbocycles. The number of anilines is 1. The molecule has 6 nitrogen and oxygen atoms in total. The van der Waals surface area contributed by atoms with Gasteiger partial charge in [0.1, 0.15) is 0 Å². The Bertz CT molecular complexity index is 1210. The van der Waals surface area contributed by atoms with Gasteiger partial charge in [0.25, 0.3) is 0 Å². The van der Waals surface area contributed by atoms with Gasteiger partial charge in [0, 0.05) is 37.3 Å². The van der Waals surface area contributed by atoms with Crippen LogP contribution in [-0.2, 0) is 11.0 Å². The van der Waals surface area contributed by atoms with Gasteiger partial charge in [-0.15, -0.1) is 0 Å². The third-order valence-electron chi connectivity index (χ3n) is 7.40. The third-order valence-corrected chi connectivity index (χ3v) is 8.47. The Labute approximate surface area is 246 Å². The summed E-state index contributed by atoms with van der Waals surface area (Å²) in [6, 6.07) is 8.24. The van der Waals surface area contributed by atoms with Crippen LogP contribution in [0, 0.1) is 5.92 Å². The van der Waals surface area contributed by atoms with Crippen LogP contribution in [0.3, 0.4) is 0 Å². The molecule has 2 aromatic carbocycles. The SMILES string of the molecule is O=C(Nc1ccc(Cl)c(C(F)(F)F)c1)NC1CCN(CCCCCNC(=O)[C@@H]2C[C@H]2c2ccc(Cl)c(Cl)c2)CC1. The third kappa shape index (κ3) is 8.65. The van der Waals surface area contributed by atoms with Crippen LogP contribution in [-0.4, -0.2) is 49.1 Å². The number of nitrogens with zero attached hydrogens (tertiary/aromatic N) is 1. The zero-order valence-electron chi connectivity index (χ0n) is 21.8. The quantitative estimate of drug-likeness (QED) is 0.244. The van der Waals surface area contributed by atoms with E-state index >= 15 is 0 Å². The highest BCUT2D eigenvalue weighted by atomic mass is 35.5. The van der Waals surface area contributed by atoms with Crippen molar-refractivity contribution in [2.45, 2.75) is 56.7 Å². The lowest BCUT2D eigenvalue weighted by Gasteiger charge is -2.32. The number of benzene rings is 2. The maximum Gasteiger partial charge on any atom is 0.417 e. The zero-order chi connectivity index (χ0) is 28.9. The summed E-state index contributed by atoms with van der Waals surface area (Å²) in [6.07, 6.45) is 0.689. The summed E-state index contributed by atoms with van der Waals surface area (Å²) in [5.41, 5.74) is 0.0978. The molecule has 0 radical (unpaired) electrons. The highest BCUT2D eigenvalue weighted by molar-refractivity contribution is 6.42. The van der Waals surface area contributed by atoms with Crippen LogP contribution in [0.1, 0.15) is 55.6 Å². The second kappa shape index (κ2) is 13.6. The first-order valence-electron chi connectivity index (χ1n) is 13.4. The lowest BCUT2D eigenvalue weighted by molar-refractivity contribution is -0.137. The molecule has 40 heavy (non-hydrogen) atoms. The monoisotopic (exact) mass is 618 g/mol. The molecule has 3 amide bonds. The predicted octanol–water partition coefficient (Wildman–Crippen LogP) is 7.34. The molecule has 2 atom stereocenters. The number of unbranched alkanes of at least 4 members (excludes halogenated alkanes) is 2. The fourth-order valence-corrected chi connectivity index (χ4v) is 5.58. The molecule has 1 saturated heterocycles. The summed E-state index contributed by atoms with van der Waals surface area (Å²) < 4.78 is 39.1. The number of hydrogen-bond acceptors (Lipinski definition) is 3. The molecule has 2 aromatic rings. The number of urea groups is 1. The number of rotatable bonds is 10. The first-order chi connectivity index (χ1) is 19.0. The van der Waals surface area contributed by atoms with Crippen LogP contribution < -0.4 is 16.0 Å². The molecule has 0 aromatic heterocycles. The Hall–Kier alpha value is -2.20. The van der Waals surface area contributed by atoms with Gasteiger partial charge in [-0.3, -0.25) is 4.79 Å². The number of carbonyl (C=O) groups is 2. The average molecular weight is 620 g/mol. The van der Waals surface area contributed by atoms with Gasteiger partial charge in [0.05, 0.1) is 20.6 Å². The molecular formula is C28H32Cl3F3N4O2. The van der Waals surface area contributed by atoms with Gasteiger partial charge in [-0.1, -0.05) is 47.3 Å². The number of piperidine rings is 1. The maximum absolute atomic E-state index is 13.0. The second-order valence-corrected chi connectivity index (χ2v) is 11.6. The molecule has 1 heterocycles. The number of alkyl halides is 3. The Morgan fingerprint density at radius 1 is 0.925 bits per heavy atom. The van der Waals surface area contributed by atoms with Crippen molar-refractivity contribution in [2.75, 3.05) is 31.5 Å². The van der Waals surface area contributed by atoms with E-state index in [2.05, 4.69) is 20.9 Å². The van der Waals surface area contributed by atoms with E-state index in [4.69, 9.17) is 34.8 Å². The molecule has 3 N–H and O–H groups in total. The Morgan fingerprint density at radius 2 is 1.65 bits per heavy atom. The number of nitrogens with one attached hydrogen (secondary N) is 3. The fourth-order valence-electron chi connectivity index (χ4n) is 5.05. The average Bonchev–Trinajstić information content (AvgIpc) is 3.70. The van der Waals surface area contributed by atoms with Gasteiger partial charge in [0.2, 0.25) is 5.91 Å². The summed E-state index contributed by atoms with van der Waals surface area (Å²) in [6.45, 7) is 3.26. The van der Waals surface area contributed by atoms with E-state index in [9.17, 15) is 22.8 Å². The van der Waals surface area contributed by atoms with Gasteiger partial charge >= 0.3 is 12.2 Å². The summed E-state index contributed by atoms with van der Waals surface area (Å²) >= 11 is 17.7. The number of amides is 3. The van der Waals surface area contributed by atoms with Gasteiger partial charge in [-0.25, -0.2) is 4.79 Å². The van der Waals surface area contributed by atoms with E-state index in [0.717, 1.165) is 75.9 Å². The molecular weight excluding hydrogens is 588 g/mol. The van der Waals surface area contributed by atoms with Gasteiger partial charge in [-0.2, -0.15) is 13.2 Å². The predicted molar refractivity (Wildman–Crippen MR) is 152 cm³/mol. The summed E-state index contributed by atoms with van der Waals surface area (Å²) in [5.74, 6) is 0.294. The molecule has 1 aliphatic heterocycles. The van der Waals surface area contributed by atoms with Crippen molar-refractivity contribution in [1.82, 2.24) is 15.5 Å². The van der Waals surface area contributed by atoms with Crippen molar-refractivity contribution in [3.8, 4) is 0 Å². The minimum absolute atomic E-state index is 0.00206. The van der Waals surface area contributed by atoms with Crippen LogP contribution in [0.15, 0.2) is 36.4 Å². The number of halogens is 6. The molecule has 4 rings (SSSR count). The molecule has 1 aliphatic carbocycles. The van der Waals surface area contributed by atoms with Crippen LogP contribution in [0.25, 0.3) is 0 Å². The first kappa shape index (κ1) is 30.8. The van der Waals surface area contributed by atoms with Crippen LogP contribution in [0.4, 0.5) is 23.7 Å². The van der Waals surface area contributed by atoms with Crippen LogP contribution in [0.5, 0.6) is 0 Å². The Kier molecular flexibility index (Phi) is 10.5. The smallest absolute Gasteiger partial charge is 0.356 e. The molecule has 0 bridgehead atoms. The lowest BCUT2D eigenvalue weighted by Crippen LogP contribution is -2.46. The van der Waals surface area contributed by atoms with Crippen LogP contribution in [0.2, 0.25) is 15.1 Å². The molecule has 0 spiro atoms. The van der Waals surface area contributed by atoms with E-state index in [-0.39, 0.29) is 29.5 Å². The Balaban J connectivity index is 1.05. The molecule has 0 unspecified atom stereocenters. The summed E-state index contributed by atoms with van der Waals surface area (Å²) in [4.78, 5) is 27.1. The van der Waals surface area contributed by atoms with Gasteiger partial charge < -0.3 is 20.9 Å². The second-order valence-electron chi connectivity index (χ2n) is 10.4. The highest BCUT2D eigenvalue weighted by Gasteiger charge is 2.43. The van der Waals surface area contributed by atoms with Crippen molar-refractivity contribution in [1.29, 1.82) is 0 Å². The van der Waals surface area contributed by atoms with Crippen molar-refractivity contribution < 1.29 is 22.8 Å². The standard InChI is InChI=1S/C28H32Cl3F3N4O2/c29-23-7-5-19(15-22(23)28(32,33)34)37-27(40)36-18-8-12-38(13-9-18)11-3-1-2-10-35-26(39)21-16-20(21)17-4-6-24(30)25(31)14-17/h4-7,14-15,18,20-21H,1-3,8-13,16H2,(H,35,39)(H2,36,37,40)/t20-,21+/m0/s1. The minimum Gasteiger partial charge on any atom is -0.356 e. The largest absolute Gasteiger partial charge is 0.417 e. The summed E-state index contributed by atoms with van der Waals surface area (Å²) in [5, 5.41) is 8.96. The first-order valence-corrected chi connectivity index (χ1v) is 14.5. The summed E-state index contributed by atoms with van der Waals surface area (Å²) in [7, 11) is 0. The van der Waals surface area contributed by atoms with E-state index < -0.39 is 22.8 Å². The topological polar surface area (TPSA) is 73.5 Å². The van der Waals surface area contributed by atoms with Crippen molar-refractivity contribution in [3.63, 3.8) is 0 Å². The molecule has 12 heteroatoms. The van der Waals surface area contributed by atoms with Crippen molar-refractivity contribution in [2.24, 2.45) is 5.92 Å². The Morgan fingerprint density at radius 3 is 2.35 bits per heavy atom. The van der Waals surface area contributed by atoms with E-state index in [1.54, 1.807) is 6.07 Å². The van der Waals surface area contributed by atoms with E-state index in [0.29, 0.717) is 16.6 Å². The van der Waals surface area contributed by atoms with Gasteiger partial charge in [0.15, 0.2) is 0 Å². The van der Waals surface area contributed by atoms with Crippen molar-refractivity contribution >= 4 is 52.4 Å². The maximum atomic E-state index is 13.0. The fraction of sp³-hybridized carbons (Fsp3) is 0.500. The molecule has 218 valence electrons. The number of hydrogen-bond donors (Lipinski definition) is 3. The zero-order valence-corrected chi connectivity index (χ0v) is 24.1. The normalized spacial score (nSPS) is 19.8. The minimum atomic E-state index is -4.60. The molecule has 2 aliphatic rings. The highest BCUT2D eigenvalue weighted by Crippen LogP contribution is 2.48. The lowest BCUT2D eigenvalue weighted by atomic mass is 10.0. The molecule has 2 fully saturated rings. The van der Waals surface area contributed by atoms with Gasteiger partial charge in [-0.05, 0) is 80.5 Å². The van der Waals surface area contributed by atoms with Crippen LogP contribution >= 0.6 is 34.8 Å².